The van der Waals surface area contributed by atoms with Crippen LogP contribution in [-0.4, -0.2) is 11.2 Å². The van der Waals surface area contributed by atoms with Crippen LogP contribution in [-0.2, 0) is 0 Å². The third kappa shape index (κ3) is 15.6. The van der Waals surface area contributed by atoms with Gasteiger partial charge < -0.3 is 19.0 Å². The maximum absolute atomic E-state index is 8.50. The minimum Gasteiger partial charge on any atom is -0.425 e. The molecule has 0 rings (SSSR count). The summed E-state index contributed by atoms with van der Waals surface area (Å²) < 4.78 is 0. The zero-order valence-electron chi connectivity index (χ0n) is 6.31. The molecule has 0 aromatic rings. The molecule has 0 aliphatic carbocycles. The van der Waals surface area contributed by atoms with Crippen molar-refractivity contribution < 1.29 is 56.5 Å². The van der Waals surface area contributed by atoms with E-state index in [2.05, 4.69) is 0 Å². The predicted octanol–water partition coefficient (Wildman–Crippen LogP) is -1.56. The molecule has 0 heterocycles. The monoisotopic (exact) mass is 141 g/mol. The van der Waals surface area contributed by atoms with E-state index in [4.69, 9.17) is 5.11 Å². The Bertz CT molecular complexity index is 29.7. The van der Waals surface area contributed by atoms with Crippen LogP contribution in [0, 0.1) is 13.8 Å². The van der Waals surface area contributed by atoms with E-state index in [-0.39, 0.29) is 64.9 Å². The first-order valence-corrected chi connectivity index (χ1v) is 2.28. The molecule has 2 heteroatoms. The largest absolute Gasteiger partial charge is 1.00 e. The Kier molecular flexibility index (Phi) is 23.2. The van der Waals surface area contributed by atoms with Gasteiger partial charge in [0.25, 0.3) is 0 Å². The Labute approximate surface area is 95.3 Å². The van der Waals surface area contributed by atoms with Crippen LogP contribution in [0.2, 0.25) is 0 Å². The maximum atomic E-state index is 8.50. The van der Waals surface area contributed by atoms with Crippen molar-refractivity contribution in [1.82, 2.24) is 0 Å². The van der Waals surface area contributed by atoms with Crippen LogP contribution < -0.4 is 51.4 Å². The number of aliphatic hydroxyl groups excluding tert-OH is 1. The van der Waals surface area contributed by atoms with Crippen LogP contribution in [0.4, 0.5) is 0 Å². The van der Waals surface area contributed by atoms with E-state index >= 15 is 0 Å². The Morgan fingerprint density at radius 2 is 2.00 bits per heavy atom. The molecular weight excluding hydrogens is 127 g/mol. The maximum Gasteiger partial charge on any atom is 1.00 e. The molecule has 0 fully saturated rings. The molecule has 0 aliphatic heterocycles. The molecule has 0 spiro atoms. The zero-order valence-corrected chi connectivity index (χ0v) is 9.43. The second-order valence-electron chi connectivity index (χ2n) is 1.38. The molecular formula is C6H14KO-. The minimum absolute atomic E-state index is 0. The van der Waals surface area contributed by atoms with Crippen LogP contribution in [0.1, 0.15) is 20.3 Å². The average Bonchev–Trinajstić information content (AvgIpc) is 1.35. The van der Waals surface area contributed by atoms with Crippen LogP contribution >= 0.6 is 0 Å². The minimum atomic E-state index is -0.227. The van der Waals surface area contributed by atoms with Gasteiger partial charge in [0, 0.05) is 0 Å². The quantitative estimate of drug-likeness (QED) is 0.364. The first-order chi connectivity index (χ1) is 2.77. The average molecular weight is 141 g/mol. The fourth-order valence-electron chi connectivity index (χ4n) is 0.341. The molecule has 0 saturated heterocycles. The summed E-state index contributed by atoms with van der Waals surface area (Å²) in [6, 6.07) is 0. The molecule has 0 radical (unpaired) electrons. The summed E-state index contributed by atoms with van der Waals surface area (Å²) in [6.45, 7) is 3.76. The van der Waals surface area contributed by atoms with Crippen LogP contribution in [0.3, 0.4) is 0 Å². The molecule has 0 bridgehead atoms. The third-order valence-corrected chi connectivity index (χ3v) is 0.577. The SMILES string of the molecule is CC[CH-][C@@H](C)O.[CH3-].[K+]. The van der Waals surface area contributed by atoms with Gasteiger partial charge in [-0.3, -0.25) is 0 Å². The van der Waals surface area contributed by atoms with E-state index in [1.165, 1.54) is 0 Å². The molecule has 1 N–H and O–H groups in total. The van der Waals surface area contributed by atoms with Crippen molar-refractivity contribution in [2.75, 3.05) is 0 Å². The first kappa shape index (κ1) is 16.3. The van der Waals surface area contributed by atoms with Gasteiger partial charge in [-0.05, 0) is 0 Å². The Morgan fingerprint density at radius 3 is 2.00 bits per heavy atom. The van der Waals surface area contributed by atoms with Crippen LogP contribution in [0.5, 0.6) is 0 Å². The fourth-order valence-corrected chi connectivity index (χ4v) is 0.341. The second kappa shape index (κ2) is 11.4. The van der Waals surface area contributed by atoms with Gasteiger partial charge in [-0.25, -0.2) is 0 Å². The molecule has 0 aromatic carbocycles. The third-order valence-electron chi connectivity index (χ3n) is 0.577. The van der Waals surface area contributed by atoms with Crippen molar-refractivity contribution in [2.24, 2.45) is 0 Å². The van der Waals surface area contributed by atoms with E-state index < -0.39 is 0 Å². The van der Waals surface area contributed by atoms with Crippen molar-refractivity contribution in [2.45, 2.75) is 26.4 Å². The Morgan fingerprint density at radius 1 is 1.62 bits per heavy atom. The molecule has 0 amide bonds. The van der Waals surface area contributed by atoms with Crippen molar-refractivity contribution >= 4 is 0 Å². The van der Waals surface area contributed by atoms with E-state index in [9.17, 15) is 0 Å². The standard InChI is InChI=1S/C5H11O.CH3.K/c1-3-4-5(2)6;;/h4-6H,3H2,1-2H3;1H3;/q2*-1;+1/t5-;;/m1../s1. The summed E-state index contributed by atoms with van der Waals surface area (Å²) >= 11 is 0. The van der Waals surface area contributed by atoms with Crippen LogP contribution in [0.25, 0.3) is 0 Å². The second-order valence-corrected chi connectivity index (χ2v) is 1.38. The van der Waals surface area contributed by atoms with E-state index in [1.54, 1.807) is 6.92 Å². The summed E-state index contributed by atoms with van der Waals surface area (Å²) in [5, 5.41) is 8.50. The molecule has 46 valence electrons. The Balaban J connectivity index is -0.000000125. The summed E-state index contributed by atoms with van der Waals surface area (Å²) in [5.41, 5.74) is 0. The van der Waals surface area contributed by atoms with E-state index in [0.717, 1.165) is 6.42 Å². The van der Waals surface area contributed by atoms with E-state index in [0.29, 0.717) is 0 Å². The van der Waals surface area contributed by atoms with Gasteiger partial charge in [-0.1, -0.05) is 20.0 Å². The molecule has 8 heavy (non-hydrogen) atoms. The van der Waals surface area contributed by atoms with E-state index in [1.807, 2.05) is 13.3 Å². The zero-order chi connectivity index (χ0) is 4.99. The number of aliphatic hydroxyl groups is 1. The number of hydrogen-bond donors (Lipinski definition) is 1. The van der Waals surface area contributed by atoms with Gasteiger partial charge in [-0.15, -0.1) is 0 Å². The van der Waals surface area contributed by atoms with Gasteiger partial charge in [0.15, 0.2) is 0 Å². The normalized spacial score (nSPS) is 10.9. The van der Waals surface area contributed by atoms with Crippen LogP contribution in [0.15, 0.2) is 0 Å². The van der Waals surface area contributed by atoms with Gasteiger partial charge in [0.05, 0.1) is 0 Å². The molecule has 1 nitrogen and oxygen atoms in total. The molecule has 0 aliphatic rings. The van der Waals surface area contributed by atoms with Gasteiger partial charge in [0.2, 0.25) is 0 Å². The van der Waals surface area contributed by atoms with Gasteiger partial charge in [0.1, 0.15) is 0 Å². The molecule has 0 saturated carbocycles. The van der Waals surface area contributed by atoms with Crippen molar-refractivity contribution in [3.8, 4) is 0 Å². The predicted molar refractivity (Wildman–Crippen MR) is 32.7 cm³/mol. The summed E-state index contributed by atoms with van der Waals surface area (Å²) in [7, 11) is 0. The van der Waals surface area contributed by atoms with Gasteiger partial charge >= 0.3 is 51.4 Å². The molecule has 0 unspecified atom stereocenters. The summed E-state index contributed by atoms with van der Waals surface area (Å²) in [6.07, 6.45) is 2.58. The summed E-state index contributed by atoms with van der Waals surface area (Å²) in [4.78, 5) is 0. The fraction of sp³-hybridized carbons (Fsp3) is 0.667. The van der Waals surface area contributed by atoms with Gasteiger partial charge in [-0.2, -0.15) is 6.42 Å². The topological polar surface area (TPSA) is 20.2 Å². The van der Waals surface area contributed by atoms with Crippen molar-refractivity contribution in [1.29, 1.82) is 0 Å². The smallest absolute Gasteiger partial charge is 0.425 e. The Hall–Kier alpha value is 1.60. The molecule has 0 aromatic heterocycles. The summed E-state index contributed by atoms with van der Waals surface area (Å²) in [5.74, 6) is 0. The van der Waals surface area contributed by atoms with Crippen molar-refractivity contribution in [3.63, 3.8) is 0 Å². The number of rotatable bonds is 2. The number of hydrogen-bond acceptors (Lipinski definition) is 1. The van der Waals surface area contributed by atoms with Crippen molar-refractivity contribution in [3.05, 3.63) is 13.8 Å². The molecule has 1 atom stereocenters. The first-order valence-electron chi connectivity index (χ1n) is 2.28.